The Kier molecular flexibility index (Phi) is 3.52. The number of nitrogens with one attached hydrogen (secondary N) is 1. The van der Waals surface area contributed by atoms with Crippen LogP contribution in [0.3, 0.4) is 0 Å². The summed E-state index contributed by atoms with van der Waals surface area (Å²) in [7, 11) is 0. The van der Waals surface area contributed by atoms with Crippen molar-refractivity contribution in [2.45, 2.75) is 26.7 Å². The molecule has 1 aliphatic rings. The highest BCUT2D eigenvalue weighted by molar-refractivity contribution is 5.94. The third-order valence-corrected chi connectivity index (χ3v) is 2.81. The fourth-order valence-corrected chi connectivity index (χ4v) is 1.53. The van der Waals surface area contributed by atoms with E-state index in [-0.39, 0.29) is 22.9 Å². The van der Waals surface area contributed by atoms with E-state index >= 15 is 0 Å². The van der Waals surface area contributed by atoms with Crippen LogP contribution in [-0.2, 0) is 9.59 Å². The summed E-state index contributed by atoms with van der Waals surface area (Å²) < 4.78 is 0. The zero-order valence-corrected chi connectivity index (χ0v) is 9.62. The molecule has 4 heteroatoms. The van der Waals surface area contributed by atoms with E-state index in [1.165, 1.54) is 6.08 Å². The molecule has 0 radical (unpaired) electrons. The van der Waals surface area contributed by atoms with Crippen molar-refractivity contribution in [1.82, 2.24) is 5.32 Å². The van der Waals surface area contributed by atoms with Crippen LogP contribution in [0.15, 0.2) is 24.4 Å². The number of allylic oxidation sites excluding steroid dienone is 2. The van der Waals surface area contributed by atoms with Gasteiger partial charge in [-0.1, -0.05) is 19.9 Å². The van der Waals surface area contributed by atoms with Gasteiger partial charge in [0.05, 0.1) is 0 Å². The number of rotatable bonds is 5. The molecule has 1 rings (SSSR count). The first-order valence-corrected chi connectivity index (χ1v) is 5.23. The average molecular weight is 223 g/mol. The van der Waals surface area contributed by atoms with Crippen LogP contribution in [-0.4, -0.2) is 17.0 Å². The molecule has 88 valence electrons. The van der Waals surface area contributed by atoms with Gasteiger partial charge in [-0.15, -0.1) is 6.58 Å². The van der Waals surface area contributed by atoms with Crippen molar-refractivity contribution in [3.8, 4) is 0 Å². The standard InChI is InChI=1S/C12H17NO3/c1-4-5-6-9(11(15)16)13-10(14)8-7-12(8,2)3/h4,6,8H,1,5,7H2,2-3H3,(H,13,14)(H,15,16)/b9-6+. The minimum atomic E-state index is -1.12. The summed E-state index contributed by atoms with van der Waals surface area (Å²) in [4.78, 5) is 22.5. The van der Waals surface area contributed by atoms with Gasteiger partial charge in [0.1, 0.15) is 5.70 Å². The predicted molar refractivity (Wildman–Crippen MR) is 60.6 cm³/mol. The highest BCUT2D eigenvalue weighted by atomic mass is 16.4. The molecular formula is C12H17NO3. The van der Waals surface area contributed by atoms with Gasteiger partial charge in [-0.05, 0) is 24.3 Å². The number of carbonyl (C=O) groups excluding carboxylic acids is 1. The third-order valence-electron chi connectivity index (χ3n) is 2.81. The summed E-state index contributed by atoms with van der Waals surface area (Å²) in [6.45, 7) is 7.47. The molecule has 1 aliphatic carbocycles. The van der Waals surface area contributed by atoms with Crippen molar-refractivity contribution in [3.05, 3.63) is 24.4 Å². The number of carboxylic acids is 1. The summed E-state index contributed by atoms with van der Waals surface area (Å²) in [6.07, 6.45) is 4.27. The van der Waals surface area contributed by atoms with Crippen molar-refractivity contribution in [2.24, 2.45) is 11.3 Å². The molecule has 0 heterocycles. The van der Waals surface area contributed by atoms with Crippen molar-refractivity contribution in [2.75, 3.05) is 0 Å². The zero-order valence-electron chi connectivity index (χ0n) is 9.62. The van der Waals surface area contributed by atoms with E-state index in [4.69, 9.17) is 5.11 Å². The third kappa shape index (κ3) is 2.95. The minimum Gasteiger partial charge on any atom is -0.477 e. The van der Waals surface area contributed by atoms with Crippen LogP contribution in [0.4, 0.5) is 0 Å². The van der Waals surface area contributed by atoms with Crippen LogP contribution in [0.25, 0.3) is 0 Å². The van der Waals surface area contributed by atoms with Crippen LogP contribution in [0.2, 0.25) is 0 Å². The monoisotopic (exact) mass is 223 g/mol. The lowest BCUT2D eigenvalue weighted by molar-refractivity contribution is -0.135. The lowest BCUT2D eigenvalue weighted by Gasteiger charge is -2.06. The van der Waals surface area contributed by atoms with Gasteiger partial charge in [-0.25, -0.2) is 4.79 Å². The molecule has 0 spiro atoms. The Morgan fingerprint density at radius 1 is 1.56 bits per heavy atom. The van der Waals surface area contributed by atoms with Crippen LogP contribution in [0, 0.1) is 11.3 Å². The number of carboxylic acid groups (broad SMARTS) is 1. The smallest absolute Gasteiger partial charge is 0.352 e. The molecule has 0 bridgehead atoms. The summed E-state index contributed by atoms with van der Waals surface area (Å²) >= 11 is 0. The Balaban J connectivity index is 2.60. The first-order chi connectivity index (χ1) is 7.38. The maximum atomic E-state index is 11.7. The Morgan fingerprint density at radius 2 is 2.12 bits per heavy atom. The Morgan fingerprint density at radius 3 is 2.50 bits per heavy atom. The van der Waals surface area contributed by atoms with E-state index in [2.05, 4.69) is 11.9 Å². The van der Waals surface area contributed by atoms with E-state index in [1.54, 1.807) is 6.08 Å². The topological polar surface area (TPSA) is 66.4 Å². The molecule has 4 nitrogen and oxygen atoms in total. The molecule has 0 saturated heterocycles. The van der Waals surface area contributed by atoms with Gasteiger partial charge in [0.15, 0.2) is 0 Å². The quantitative estimate of drug-likeness (QED) is 0.550. The number of hydrogen-bond donors (Lipinski definition) is 2. The van der Waals surface area contributed by atoms with Gasteiger partial charge in [-0.2, -0.15) is 0 Å². The van der Waals surface area contributed by atoms with E-state index in [9.17, 15) is 9.59 Å². The molecule has 1 fully saturated rings. The van der Waals surface area contributed by atoms with Crippen LogP contribution >= 0.6 is 0 Å². The largest absolute Gasteiger partial charge is 0.477 e. The molecule has 1 amide bonds. The molecule has 2 N–H and O–H groups in total. The Hall–Kier alpha value is -1.58. The maximum Gasteiger partial charge on any atom is 0.352 e. The van der Waals surface area contributed by atoms with Crippen molar-refractivity contribution in [3.63, 3.8) is 0 Å². The molecule has 0 aromatic heterocycles. The lowest BCUT2D eigenvalue weighted by Crippen LogP contribution is -2.29. The molecule has 0 aromatic rings. The number of hydrogen-bond acceptors (Lipinski definition) is 2. The van der Waals surface area contributed by atoms with Crippen molar-refractivity contribution >= 4 is 11.9 Å². The maximum absolute atomic E-state index is 11.7. The number of aliphatic carboxylic acids is 1. The fourth-order valence-electron chi connectivity index (χ4n) is 1.53. The summed E-state index contributed by atoms with van der Waals surface area (Å²) in [5.41, 5.74) is -0.0563. The normalized spacial score (nSPS) is 22.4. The molecule has 0 aliphatic heterocycles. The molecule has 1 unspecified atom stereocenters. The fraction of sp³-hybridized carbons (Fsp3) is 0.500. The van der Waals surface area contributed by atoms with Gasteiger partial charge >= 0.3 is 5.97 Å². The number of carbonyl (C=O) groups is 2. The summed E-state index contributed by atoms with van der Waals surface area (Å²) in [5, 5.41) is 11.3. The highest BCUT2D eigenvalue weighted by Gasteiger charge is 2.50. The minimum absolute atomic E-state index is 0.00608. The molecular weight excluding hydrogens is 206 g/mol. The van der Waals surface area contributed by atoms with Gasteiger partial charge in [0, 0.05) is 5.92 Å². The SMILES string of the molecule is C=CC/C=C(/NC(=O)C1CC1(C)C)C(=O)O. The zero-order chi connectivity index (χ0) is 12.3. The lowest BCUT2D eigenvalue weighted by atomic mass is 10.1. The van der Waals surface area contributed by atoms with Gasteiger partial charge in [-0.3, -0.25) is 4.79 Å². The van der Waals surface area contributed by atoms with E-state index in [1.807, 2.05) is 13.8 Å². The highest BCUT2D eigenvalue weighted by Crippen LogP contribution is 2.51. The molecule has 1 saturated carbocycles. The van der Waals surface area contributed by atoms with Crippen LogP contribution in [0.5, 0.6) is 0 Å². The van der Waals surface area contributed by atoms with Gasteiger partial charge < -0.3 is 10.4 Å². The second kappa shape index (κ2) is 4.51. The summed E-state index contributed by atoms with van der Waals surface area (Å²) in [5.74, 6) is -1.39. The Labute approximate surface area is 95.0 Å². The van der Waals surface area contributed by atoms with Gasteiger partial charge in [0.2, 0.25) is 5.91 Å². The van der Waals surface area contributed by atoms with Crippen LogP contribution < -0.4 is 5.32 Å². The van der Waals surface area contributed by atoms with Gasteiger partial charge in [0.25, 0.3) is 0 Å². The first kappa shape index (κ1) is 12.5. The molecule has 0 aromatic carbocycles. The predicted octanol–water partition coefficient (Wildman–Crippen LogP) is 1.69. The molecule has 16 heavy (non-hydrogen) atoms. The van der Waals surface area contributed by atoms with E-state index in [0.29, 0.717) is 6.42 Å². The second-order valence-corrected chi connectivity index (χ2v) is 4.68. The van der Waals surface area contributed by atoms with Crippen LogP contribution in [0.1, 0.15) is 26.7 Å². The average Bonchev–Trinajstić information content (AvgIpc) is 2.81. The first-order valence-electron chi connectivity index (χ1n) is 5.23. The molecule has 1 atom stereocenters. The van der Waals surface area contributed by atoms with E-state index in [0.717, 1.165) is 6.42 Å². The van der Waals surface area contributed by atoms with E-state index < -0.39 is 5.97 Å². The number of amides is 1. The second-order valence-electron chi connectivity index (χ2n) is 4.68. The Bertz CT molecular complexity index is 355. The van der Waals surface area contributed by atoms with Crippen molar-refractivity contribution in [1.29, 1.82) is 0 Å². The summed E-state index contributed by atoms with van der Waals surface area (Å²) in [6, 6.07) is 0. The van der Waals surface area contributed by atoms with Crippen molar-refractivity contribution < 1.29 is 14.7 Å².